The molecule has 0 aliphatic heterocycles. The van der Waals surface area contributed by atoms with Crippen LogP contribution in [0.15, 0.2) is 42.5 Å². The lowest BCUT2D eigenvalue weighted by Gasteiger charge is -2.21. The molecule has 1 atom stereocenters. The topological polar surface area (TPSA) is 50.5 Å². The molecule has 21 heavy (non-hydrogen) atoms. The minimum absolute atomic E-state index is 0.324. The van der Waals surface area contributed by atoms with Crippen LogP contribution in [0.4, 0.5) is 10.1 Å². The van der Waals surface area contributed by atoms with Gasteiger partial charge >= 0.3 is 0 Å². The summed E-state index contributed by atoms with van der Waals surface area (Å²) in [7, 11) is 5.49. The zero-order chi connectivity index (χ0) is 15.4. The number of benzene rings is 2. The third-order valence-corrected chi connectivity index (χ3v) is 3.39. The Balaban J connectivity index is 2.49. The molecule has 0 heterocycles. The van der Waals surface area contributed by atoms with Crippen LogP contribution in [-0.2, 0) is 0 Å². The van der Waals surface area contributed by atoms with E-state index in [1.807, 2.05) is 43.3 Å². The molecule has 0 aromatic heterocycles. The Hall–Kier alpha value is -2.11. The second kappa shape index (κ2) is 6.56. The van der Waals surface area contributed by atoms with Crippen LogP contribution in [-0.4, -0.2) is 21.2 Å². The molecule has 2 aromatic carbocycles. The maximum atomic E-state index is 13.6. The summed E-state index contributed by atoms with van der Waals surface area (Å²) in [6.07, 6.45) is 0. The number of methoxy groups -OCH3 is 1. The van der Waals surface area contributed by atoms with E-state index < -0.39 is 0 Å². The first-order valence-corrected chi connectivity index (χ1v) is 6.63. The standard InChI is InChI=1S/C16H20FN3O/c1-20(2)13-6-4-5-11(9-13)16(19-18)14-10-12(17)7-8-15(14)21-3/h4-10,16,19H,18H2,1-3H3. The Bertz CT molecular complexity index is 616. The maximum absolute atomic E-state index is 13.6. The quantitative estimate of drug-likeness (QED) is 0.656. The fourth-order valence-corrected chi connectivity index (χ4v) is 2.28. The van der Waals surface area contributed by atoms with Crippen molar-refractivity contribution in [3.05, 3.63) is 59.4 Å². The summed E-state index contributed by atoms with van der Waals surface area (Å²) in [5, 5.41) is 0. The van der Waals surface area contributed by atoms with E-state index in [0.717, 1.165) is 11.3 Å². The van der Waals surface area contributed by atoms with E-state index in [0.29, 0.717) is 11.3 Å². The lowest BCUT2D eigenvalue weighted by atomic mass is 9.97. The van der Waals surface area contributed by atoms with Gasteiger partial charge in [-0.1, -0.05) is 12.1 Å². The van der Waals surface area contributed by atoms with Gasteiger partial charge in [0.25, 0.3) is 0 Å². The van der Waals surface area contributed by atoms with Crippen LogP contribution in [0.5, 0.6) is 5.75 Å². The highest BCUT2D eigenvalue weighted by atomic mass is 19.1. The summed E-state index contributed by atoms with van der Waals surface area (Å²) < 4.78 is 18.9. The van der Waals surface area contributed by atoms with Crippen molar-refractivity contribution in [1.29, 1.82) is 0 Å². The van der Waals surface area contributed by atoms with Crippen molar-refractivity contribution < 1.29 is 9.13 Å². The molecule has 2 rings (SSSR count). The summed E-state index contributed by atoms with van der Waals surface area (Å²) in [6.45, 7) is 0. The Morgan fingerprint density at radius 2 is 1.95 bits per heavy atom. The summed E-state index contributed by atoms with van der Waals surface area (Å²) in [4.78, 5) is 2.00. The summed E-state index contributed by atoms with van der Waals surface area (Å²) in [6, 6.07) is 12.0. The molecule has 0 spiro atoms. The minimum atomic E-state index is -0.351. The average molecular weight is 289 g/mol. The Kier molecular flexibility index (Phi) is 4.77. The molecular weight excluding hydrogens is 269 g/mol. The first kappa shape index (κ1) is 15.3. The van der Waals surface area contributed by atoms with Crippen molar-refractivity contribution in [3.63, 3.8) is 0 Å². The van der Waals surface area contributed by atoms with Crippen molar-refractivity contribution in [1.82, 2.24) is 5.43 Å². The lowest BCUT2D eigenvalue weighted by Crippen LogP contribution is -2.29. The highest BCUT2D eigenvalue weighted by Gasteiger charge is 2.18. The summed E-state index contributed by atoms with van der Waals surface area (Å²) in [5.41, 5.74) is 5.38. The van der Waals surface area contributed by atoms with Crippen LogP contribution < -0.4 is 20.9 Å². The second-order valence-electron chi connectivity index (χ2n) is 4.98. The van der Waals surface area contributed by atoms with E-state index in [1.165, 1.54) is 12.1 Å². The molecule has 0 saturated heterocycles. The normalized spacial score (nSPS) is 12.0. The van der Waals surface area contributed by atoms with Gasteiger partial charge in [0, 0.05) is 25.3 Å². The van der Waals surface area contributed by atoms with Crippen LogP contribution in [0.1, 0.15) is 17.2 Å². The molecule has 2 aromatic rings. The van der Waals surface area contributed by atoms with Crippen molar-refractivity contribution in [2.24, 2.45) is 5.84 Å². The van der Waals surface area contributed by atoms with Crippen LogP contribution >= 0.6 is 0 Å². The number of halogens is 1. The Morgan fingerprint density at radius 3 is 2.57 bits per heavy atom. The molecular formula is C16H20FN3O. The second-order valence-corrected chi connectivity index (χ2v) is 4.98. The van der Waals surface area contributed by atoms with Crippen molar-refractivity contribution in [3.8, 4) is 5.75 Å². The van der Waals surface area contributed by atoms with Gasteiger partial charge in [-0.25, -0.2) is 9.82 Å². The molecule has 1 unspecified atom stereocenters. The molecule has 0 radical (unpaired) electrons. The minimum Gasteiger partial charge on any atom is -0.496 e. The van der Waals surface area contributed by atoms with Crippen LogP contribution in [0.2, 0.25) is 0 Å². The molecule has 0 saturated carbocycles. The monoisotopic (exact) mass is 289 g/mol. The van der Waals surface area contributed by atoms with Gasteiger partial charge in [-0.15, -0.1) is 0 Å². The van der Waals surface area contributed by atoms with E-state index in [9.17, 15) is 4.39 Å². The molecule has 112 valence electrons. The number of nitrogens with two attached hydrogens (primary N) is 1. The molecule has 3 N–H and O–H groups in total. The SMILES string of the molecule is COc1ccc(F)cc1C(NN)c1cccc(N(C)C)c1. The number of anilines is 1. The van der Waals surface area contributed by atoms with Gasteiger partial charge in [-0.05, 0) is 35.9 Å². The van der Waals surface area contributed by atoms with Gasteiger partial charge in [0.05, 0.1) is 13.2 Å². The third-order valence-electron chi connectivity index (χ3n) is 3.39. The van der Waals surface area contributed by atoms with E-state index in [2.05, 4.69) is 5.43 Å². The third kappa shape index (κ3) is 3.32. The lowest BCUT2D eigenvalue weighted by molar-refractivity contribution is 0.402. The van der Waals surface area contributed by atoms with E-state index in [-0.39, 0.29) is 11.9 Å². The fraction of sp³-hybridized carbons (Fsp3) is 0.250. The first-order chi connectivity index (χ1) is 10.1. The van der Waals surface area contributed by atoms with Gasteiger partial charge in [0.15, 0.2) is 0 Å². The highest BCUT2D eigenvalue weighted by Crippen LogP contribution is 2.31. The van der Waals surface area contributed by atoms with Gasteiger partial charge in [-0.3, -0.25) is 5.84 Å². The zero-order valence-corrected chi connectivity index (χ0v) is 12.4. The molecule has 0 fully saturated rings. The van der Waals surface area contributed by atoms with Gasteiger partial charge in [0.2, 0.25) is 0 Å². The van der Waals surface area contributed by atoms with Crippen molar-refractivity contribution in [2.75, 3.05) is 26.1 Å². The Labute approximate surface area is 124 Å². The molecule has 0 aliphatic carbocycles. The summed E-state index contributed by atoms with van der Waals surface area (Å²) in [5.74, 6) is 5.96. The number of nitrogens with zero attached hydrogens (tertiary/aromatic N) is 1. The largest absolute Gasteiger partial charge is 0.496 e. The average Bonchev–Trinajstić information content (AvgIpc) is 2.48. The Morgan fingerprint density at radius 1 is 1.19 bits per heavy atom. The number of nitrogens with one attached hydrogen (secondary N) is 1. The van der Waals surface area contributed by atoms with Crippen LogP contribution in [0.25, 0.3) is 0 Å². The zero-order valence-electron chi connectivity index (χ0n) is 12.4. The van der Waals surface area contributed by atoms with Crippen molar-refractivity contribution in [2.45, 2.75) is 6.04 Å². The van der Waals surface area contributed by atoms with Crippen LogP contribution in [0.3, 0.4) is 0 Å². The maximum Gasteiger partial charge on any atom is 0.124 e. The predicted octanol–water partition coefficient (Wildman–Crippen LogP) is 2.45. The van der Waals surface area contributed by atoms with E-state index in [4.69, 9.17) is 10.6 Å². The fourth-order valence-electron chi connectivity index (χ4n) is 2.28. The molecule has 0 amide bonds. The van der Waals surface area contributed by atoms with Gasteiger partial charge < -0.3 is 9.64 Å². The molecule has 5 heteroatoms. The first-order valence-electron chi connectivity index (χ1n) is 6.63. The van der Waals surface area contributed by atoms with Gasteiger partial charge in [0.1, 0.15) is 11.6 Å². The van der Waals surface area contributed by atoms with E-state index >= 15 is 0 Å². The number of hydrogen-bond acceptors (Lipinski definition) is 4. The number of rotatable bonds is 5. The van der Waals surface area contributed by atoms with Crippen molar-refractivity contribution >= 4 is 5.69 Å². The number of hydrogen-bond donors (Lipinski definition) is 2. The highest BCUT2D eigenvalue weighted by molar-refractivity contribution is 5.50. The molecule has 0 bridgehead atoms. The predicted molar refractivity (Wildman–Crippen MR) is 82.9 cm³/mol. The molecule has 4 nitrogen and oxygen atoms in total. The number of hydrazine groups is 1. The van der Waals surface area contributed by atoms with Crippen LogP contribution in [0, 0.1) is 5.82 Å². The smallest absolute Gasteiger partial charge is 0.124 e. The number of ether oxygens (including phenoxy) is 1. The summed E-state index contributed by atoms with van der Waals surface area (Å²) >= 11 is 0. The van der Waals surface area contributed by atoms with Gasteiger partial charge in [-0.2, -0.15) is 0 Å². The molecule has 0 aliphatic rings. The van der Waals surface area contributed by atoms with E-state index in [1.54, 1.807) is 13.2 Å².